The quantitative estimate of drug-likeness (QED) is 0.868. The SMILES string of the molecule is CCN(CC)c1ccc(NC(=O)C2(C)CCCN2)cc1. The van der Waals surface area contributed by atoms with E-state index in [0.717, 1.165) is 38.2 Å². The van der Waals surface area contributed by atoms with Gasteiger partial charge in [0.1, 0.15) is 0 Å². The van der Waals surface area contributed by atoms with Gasteiger partial charge < -0.3 is 15.5 Å². The van der Waals surface area contributed by atoms with E-state index in [4.69, 9.17) is 0 Å². The zero-order chi connectivity index (χ0) is 14.6. The summed E-state index contributed by atoms with van der Waals surface area (Å²) in [5, 5.41) is 6.29. The van der Waals surface area contributed by atoms with Gasteiger partial charge in [-0.15, -0.1) is 0 Å². The first-order chi connectivity index (χ1) is 9.59. The lowest BCUT2D eigenvalue weighted by Crippen LogP contribution is -2.47. The number of hydrogen-bond donors (Lipinski definition) is 2. The highest BCUT2D eigenvalue weighted by Crippen LogP contribution is 2.22. The maximum atomic E-state index is 12.3. The summed E-state index contributed by atoms with van der Waals surface area (Å²) in [4.78, 5) is 14.6. The number of hydrogen-bond acceptors (Lipinski definition) is 3. The smallest absolute Gasteiger partial charge is 0.244 e. The Morgan fingerprint density at radius 2 is 1.95 bits per heavy atom. The second-order valence-corrected chi connectivity index (χ2v) is 5.54. The molecular weight excluding hydrogens is 250 g/mol. The third kappa shape index (κ3) is 3.12. The van der Waals surface area contributed by atoms with Crippen molar-refractivity contribution in [3.63, 3.8) is 0 Å². The maximum absolute atomic E-state index is 12.3. The van der Waals surface area contributed by atoms with Crippen molar-refractivity contribution in [2.75, 3.05) is 29.9 Å². The molecule has 1 unspecified atom stereocenters. The molecule has 0 saturated carbocycles. The fourth-order valence-electron chi connectivity index (χ4n) is 2.70. The molecule has 0 spiro atoms. The fraction of sp³-hybridized carbons (Fsp3) is 0.562. The van der Waals surface area contributed by atoms with Gasteiger partial charge in [0, 0.05) is 24.5 Å². The van der Waals surface area contributed by atoms with Crippen LogP contribution in [0.25, 0.3) is 0 Å². The molecule has 1 aromatic carbocycles. The van der Waals surface area contributed by atoms with E-state index in [0.29, 0.717) is 0 Å². The van der Waals surface area contributed by atoms with Crippen LogP contribution < -0.4 is 15.5 Å². The van der Waals surface area contributed by atoms with Crippen LogP contribution in [0.1, 0.15) is 33.6 Å². The summed E-state index contributed by atoms with van der Waals surface area (Å²) in [6.07, 6.45) is 1.96. The van der Waals surface area contributed by atoms with Crippen molar-refractivity contribution in [3.8, 4) is 0 Å². The largest absolute Gasteiger partial charge is 0.372 e. The molecule has 1 heterocycles. The monoisotopic (exact) mass is 275 g/mol. The minimum Gasteiger partial charge on any atom is -0.372 e. The first kappa shape index (κ1) is 14.9. The van der Waals surface area contributed by atoms with Gasteiger partial charge in [0.25, 0.3) is 0 Å². The highest BCUT2D eigenvalue weighted by molar-refractivity contribution is 5.98. The minimum atomic E-state index is -0.419. The zero-order valence-corrected chi connectivity index (χ0v) is 12.7. The van der Waals surface area contributed by atoms with Gasteiger partial charge in [-0.3, -0.25) is 4.79 Å². The summed E-state index contributed by atoms with van der Waals surface area (Å²) in [6.45, 7) is 9.16. The fourth-order valence-corrected chi connectivity index (χ4v) is 2.70. The van der Waals surface area contributed by atoms with Crippen molar-refractivity contribution in [2.45, 2.75) is 39.2 Å². The first-order valence-electron chi connectivity index (χ1n) is 7.50. The van der Waals surface area contributed by atoms with Crippen LogP contribution in [0.2, 0.25) is 0 Å². The molecule has 1 fully saturated rings. The molecule has 2 N–H and O–H groups in total. The Morgan fingerprint density at radius 1 is 1.30 bits per heavy atom. The Labute approximate surface area is 121 Å². The number of carbonyl (C=O) groups is 1. The number of nitrogens with one attached hydrogen (secondary N) is 2. The summed E-state index contributed by atoms with van der Waals surface area (Å²) < 4.78 is 0. The molecule has 20 heavy (non-hydrogen) atoms. The Kier molecular flexibility index (Phi) is 4.65. The van der Waals surface area contributed by atoms with Gasteiger partial charge in [0.2, 0.25) is 5.91 Å². The predicted octanol–water partition coefficient (Wildman–Crippen LogP) is 2.61. The van der Waals surface area contributed by atoms with Gasteiger partial charge in [-0.25, -0.2) is 0 Å². The molecule has 0 aliphatic carbocycles. The second-order valence-electron chi connectivity index (χ2n) is 5.54. The van der Waals surface area contributed by atoms with Gasteiger partial charge in [-0.1, -0.05) is 0 Å². The Bertz CT molecular complexity index is 445. The molecule has 2 rings (SSSR count). The van der Waals surface area contributed by atoms with Gasteiger partial charge in [-0.2, -0.15) is 0 Å². The van der Waals surface area contributed by atoms with Gasteiger partial charge in [0.15, 0.2) is 0 Å². The molecule has 1 aliphatic rings. The molecule has 110 valence electrons. The molecule has 4 nitrogen and oxygen atoms in total. The minimum absolute atomic E-state index is 0.0607. The van der Waals surface area contributed by atoms with Crippen LogP contribution >= 0.6 is 0 Å². The standard InChI is InChI=1S/C16H25N3O/c1-4-19(5-2)14-9-7-13(8-10-14)18-15(20)16(3)11-6-12-17-16/h7-10,17H,4-6,11-12H2,1-3H3,(H,18,20). The van der Waals surface area contributed by atoms with Crippen LogP contribution in [0, 0.1) is 0 Å². The lowest BCUT2D eigenvalue weighted by Gasteiger charge is -2.24. The number of nitrogens with zero attached hydrogens (tertiary/aromatic N) is 1. The van der Waals surface area contributed by atoms with Crippen LogP contribution in [0.4, 0.5) is 11.4 Å². The maximum Gasteiger partial charge on any atom is 0.244 e. The number of anilines is 2. The molecule has 1 atom stereocenters. The molecule has 0 bridgehead atoms. The average Bonchev–Trinajstić information content (AvgIpc) is 2.90. The summed E-state index contributed by atoms with van der Waals surface area (Å²) in [6, 6.07) is 8.08. The summed E-state index contributed by atoms with van der Waals surface area (Å²) in [5.41, 5.74) is 1.64. The summed E-state index contributed by atoms with van der Waals surface area (Å²) >= 11 is 0. The van der Waals surface area contributed by atoms with Crippen molar-refractivity contribution >= 4 is 17.3 Å². The van der Waals surface area contributed by atoms with Crippen molar-refractivity contribution in [3.05, 3.63) is 24.3 Å². The second kappa shape index (κ2) is 6.27. The van der Waals surface area contributed by atoms with Crippen molar-refractivity contribution in [1.82, 2.24) is 5.32 Å². The van der Waals surface area contributed by atoms with Crippen molar-refractivity contribution in [2.24, 2.45) is 0 Å². The van der Waals surface area contributed by atoms with Crippen LogP contribution in [0.3, 0.4) is 0 Å². The highest BCUT2D eigenvalue weighted by atomic mass is 16.2. The average molecular weight is 275 g/mol. The van der Waals surface area contributed by atoms with E-state index in [1.165, 1.54) is 5.69 Å². The molecule has 0 aromatic heterocycles. The van der Waals surface area contributed by atoms with E-state index >= 15 is 0 Å². The topological polar surface area (TPSA) is 44.4 Å². The van der Waals surface area contributed by atoms with E-state index in [2.05, 4.69) is 41.5 Å². The molecule has 1 amide bonds. The third-order valence-corrected chi connectivity index (χ3v) is 4.12. The van der Waals surface area contributed by atoms with Gasteiger partial charge in [0.05, 0.1) is 5.54 Å². The molecule has 4 heteroatoms. The lowest BCUT2D eigenvalue weighted by molar-refractivity contribution is -0.121. The third-order valence-electron chi connectivity index (χ3n) is 4.12. The van der Waals surface area contributed by atoms with E-state index in [9.17, 15) is 4.79 Å². The van der Waals surface area contributed by atoms with Gasteiger partial charge >= 0.3 is 0 Å². The molecule has 1 aliphatic heterocycles. The van der Waals surface area contributed by atoms with Crippen LogP contribution in [0.15, 0.2) is 24.3 Å². The van der Waals surface area contributed by atoms with Crippen molar-refractivity contribution in [1.29, 1.82) is 0 Å². The number of rotatable bonds is 5. The Balaban J connectivity index is 2.02. The molecule has 1 saturated heterocycles. The highest BCUT2D eigenvalue weighted by Gasteiger charge is 2.35. The Morgan fingerprint density at radius 3 is 2.45 bits per heavy atom. The van der Waals surface area contributed by atoms with Crippen LogP contribution in [-0.2, 0) is 4.79 Å². The van der Waals surface area contributed by atoms with E-state index < -0.39 is 5.54 Å². The lowest BCUT2D eigenvalue weighted by atomic mass is 9.99. The van der Waals surface area contributed by atoms with E-state index in [-0.39, 0.29) is 5.91 Å². The van der Waals surface area contributed by atoms with E-state index in [1.807, 2.05) is 19.1 Å². The summed E-state index contributed by atoms with van der Waals surface area (Å²) in [5.74, 6) is 0.0607. The number of benzene rings is 1. The number of carbonyl (C=O) groups excluding carboxylic acids is 1. The normalized spacial score (nSPS) is 21.8. The van der Waals surface area contributed by atoms with Crippen LogP contribution in [-0.4, -0.2) is 31.1 Å². The predicted molar refractivity (Wildman–Crippen MR) is 84.3 cm³/mol. The van der Waals surface area contributed by atoms with E-state index in [1.54, 1.807) is 0 Å². The molecule has 0 radical (unpaired) electrons. The van der Waals surface area contributed by atoms with Gasteiger partial charge in [-0.05, 0) is 64.4 Å². The molecular formula is C16H25N3O. The first-order valence-corrected chi connectivity index (χ1v) is 7.50. The van der Waals surface area contributed by atoms with Crippen LogP contribution in [0.5, 0.6) is 0 Å². The zero-order valence-electron chi connectivity index (χ0n) is 12.7. The Hall–Kier alpha value is -1.55. The summed E-state index contributed by atoms with van der Waals surface area (Å²) in [7, 11) is 0. The number of amides is 1. The van der Waals surface area contributed by atoms with Crippen molar-refractivity contribution < 1.29 is 4.79 Å². The molecule has 1 aromatic rings.